The quantitative estimate of drug-likeness (QED) is 0.0873. The minimum Gasteiger partial charge on any atom is -0.497 e. The van der Waals surface area contributed by atoms with Gasteiger partial charge in [-0.1, -0.05) is 24.3 Å². The van der Waals surface area contributed by atoms with E-state index in [1.165, 1.54) is 6.20 Å². The molecule has 0 bridgehead atoms. The van der Waals surface area contributed by atoms with E-state index in [0.717, 1.165) is 24.5 Å². The maximum atomic E-state index is 17.4. The van der Waals surface area contributed by atoms with Crippen molar-refractivity contribution in [1.29, 1.82) is 0 Å². The Morgan fingerprint density at radius 1 is 0.896 bits per heavy atom. The van der Waals surface area contributed by atoms with E-state index >= 15 is 8.78 Å². The van der Waals surface area contributed by atoms with Crippen LogP contribution in [-0.2, 0) is 19.3 Å². The molecule has 3 aliphatic heterocycles. The van der Waals surface area contributed by atoms with Gasteiger partial charge in [0.2, 0.25) is 5.88 Å². The highest BCUT2D eigenvalue weighted by Gasteiger charge is 2.50. The Bertz CT molecular complexity index is 2770. The van der Waals surface area contributed by atoms with Crippen LogP contribution in [0.15, 0.2) is 60.9 Å². The minimum absolute atomic E-state index is 0.00768. The Hall–Kier alpha value is -6.70. The molecule has 352 valence electrons. The van der Waals surface area contributed by atoms with Crippen LogP contribution in [0, 0.1) is 24.4 Å². The van der Waals surface area contributed by atoms with Crippen LogP contribution in [0.25, 0.3) is 22.2 Å². The molecular formula is C47H46F7N9O4. The summed E-state index contributed by atoms with van der Waals surface area (Å²) in [6, 6.07) is 14.0. The summed E-state index contributed by atoms with van der Waals surface area (Å²) in [6.07, 6.45) is -1.81. The van der Waals surface area contributed by atoms with Gasteiger partial charge in [0, 0.05) is 38.4 Å². The SMILES string of the molecule is COc1ccc(CN(Cc2ccc(OC)cc2)c2nccnc2[C@@H](C)N2CCOc3nc(-c4c(F)c(N)c(F)c(C)c4C(F)(F)F)c(F)c4nc(OC[C@@]56CCCN5C[C@H](F)C6)nc2c34)cc1. The van der Waals surface area contributed by atoms with Crippen molar-refractivity contribution in [3.05, 3.63) is 106 Å². The van der Waals surface area contributed by atoms with Gasteiger partial charge in [0.15, 0.2) is 23.3 Å². The fraction of sp³-hybridized carbons (Fsp3) is 0.383. The number of hydrogen-bond donors (Lipinski definition) is 1. The summed E-state index contributed by atoms with van der Waals surface area (Å²) < 4.78 is 131. The molecule has 6 aromatic rings. The van der Waals surface area contributed by atoms with E-state index in [-0.39, 0.29) is 43.9 Å². The van der Waals surface area contributed by atoms with Crippen LogP contribution in [0.2, 0.25) is 0 Å². The van der Waals surface area contributed by atoms with Gasteiger partial charge in [-0.3, -0.25) is 9.88 Å². The van der Waals surface area contributed by atoms with Gasteiger partial charge in [0.25, 0.3) is 0 Å². The van der Waals surface area contributed by atoms with Gasteiger partial charge in [0.05, 0.1) is 43.5 Å². The summed E-state index contributed by atoms with van der Waals surface area (Å²) >= 11 is 0. The highest BCUT2D eigenvalue weighted by molar-refractivity contribution is 5.97. The average Bonchev–Trinajstić information content (AvgIpc) is 3.79. The normalized spacial score (nSPS) is 18.7. The van der Waals surface area contributed by atoms with E-state index in [1.54, 1.807) is 25.3 Å². The van der Waals surface area contributed by atoms with E-state index in [9.17, 15) is 22.0 Å². The van der Waals surface area contributed by atoms with Crippen molar-refractivity contribution in [2.24, 2.45) is 0 Å². The number of anilines is 3. The molecule has 0 saturated carbocycles. The molecule has 0 radical (unpaired) electrons. The van der Waals surface area contributed by atoms with Gasteiger partial charge in [-0.05, 0) is 74.2 Å². The smallest absolute Gasteiger partial charge is 0.417 e. The standard InChI is InChI=1S/C47H46F7N9O4/c1-25-34(47(52,53)54)32(36(50)38(55)35(25)49)40-37(51)41-33-42(60-45(59-41)67-24-46-14-5-17-62(46)23-29(48)20-46)63(18-19-66-44(33)58-40)26(2)39-43(57-16-15-56-39)61(21-27-6-10-30(64-3)11-7-27)22-28-8-12-31(65-4)13-9-28/h6-13,15-16,26,29H,5,14,17-24,55H2,1-4H3/t26-,29-,46+/m1/s1. The maximum Gasteiger partial charge on any atom is 0.417 e. The Morgan fingerprint density at radius 2 is 1.55 bits per heavy atom. The number of alkyl halides is 4. The molecule has 20 heteroatoms. The van der Waals surface area contributed by atoms with E-state index < -0.39 is 86.9 Å². The number of ether oxygens (including phenoxy) is 4. The number of nitrogen functional groups attached to an aromatic ring is 1. The lowest BCUT2D eigenvalue weighted by Gasteiger charge is -2.33. The molecule has 3 aromatic carbocycles. The molecule has 67 heavy (non-hydrogen) atoms. The number of benzene rings is 3. The molecule has 0 spiro atoms. The summed E-state index contributed by atoms with van der Waals surface area (Å²) in [6.45, 7) is 3.95. The van der Waals surface area contributed by atoms with Crippen LogP contribution in [-0.4, -0.2) is 88.6 Å². The van der Waals surface area contributed by atoms with Crippen molar-refractivity contribution in [2.45, 2.75) is 70.1 Å². The van der Waals surface area contributed by atoms with Crippen molar-refractivity contribution in [3.63, 3.8) is 0 Å². The van der Waals surface area contributed by atoms with Gasteiger partial charge in [-0.25, -0.2) is 27.5 Å². The minimum atomic E-state index is -5.38. The van der Waals surface area contributed by atoms with E-state index in [0.29, 0.717) is 49.1 Å². The van der Waals surface area contributed by atoms with Crippen LogP contribution >= 0.6 is 0 Å². The molecule has 3 aliphatic rings. The summed E-state index contributed by atoms with van der Waals surface area (Å²) in [5.74, 6) is -3.59. The number of fused-ring (bicyclic) bond motifs is 1. The second kappa shape index (κ2) is 17.8. The molecule has 3 aromatic heterocycles. The molecular weight excluding hydrogens is 888 g/mol. The van der Waals surface area contributed by atoms with Crippen molar-refractivity contribution >= 4 is 28.2 Å². The molecule has 2 saturated heterocycles. The molecule has 2 fully saturated rings. The Balaban J connectivity index is 1.19. The number of hydrogen-bond acceptors (Lipinski definition) is 13. The zero-order valence-electron chi connectivity index (χ0n) is 36.9. The number of nitrogens with zero attached hydrogens (tertiary/aromatic N) is 8. The van der Waals surface area contributed by atoms with E-state index in [1.807, 2.05) is 65.3 Å². The summed E-state index contributed by atoms with van der Waals surface area (Å²) in [7, 11) is 3.17. The van der Waals surface area contributed by atoms with Gasteiger partial charge >= 0.3 is 12.2 Å². The van der Waals surface area contributed by atoms with Gasteiger partial charge in [-0.15, -0.1) is 0 Å². The lowest BCUT2D eigenvalue weighted by molar-refractivity contribution is -0.137. The molecule has 6 heterocycles. The number of methoxy groups -OCH3 is 2. The first-order valence-corrected chi connectivity index (χ1v) is 21.6. The predicted octanol–water partition coefficient (Wildman–Crippen LogP) is 8.95. The zero-order valence-corrected chi connectivity index (χ0v) is 36.9. The van der Waals surface area contributed by atoms with Crippen molar-refractivity contribution in [1.82, 2.24) is 29.8 Å². The third-order valence-corrected chi connectivity index (χ3v) is 12.9. The topological polar surface area (TPSA) is 137 Å². The van der Waals surface area contributed by atoms with Crippen molar-refractivity contribution in [2.75, 3.05) is 62.6 Å². The van der Waals surface area contributed by atoms with Crippen LogP contribution in [0.4, 0.5) is 48.1 Å². The lowest BCUT2D eigenvalue weighted by Crippen LogP contribution is -2.43. The molecule has 3 atom stereocenters. The number of aromatic nitrogens is 5. The largest absolute Gasteiger partial charge is 0.497 e. The second-order valence-electron chi connectivity index (χ2n) is 16.9. The summed E-state index contributed by atoms with van der Waals surface area (Å²) in [5, 5.41) is -0.164. The number of pyridine rings is 1. The maximum absolute atomic E-state index is 17.4. The molecule has 0 amide bonds. The molecule has 9 rings (SSSR count). The fourth-order valence-electron chi connectivity index (χ4n) is 9.57. The Morgan fingerprint density at radius 3 is 2.19 bits per heavy atom. The van der Waals surface area contributed by atoms with Crippen LogP contribution in [0.1, 0.15) is 60.2 Å². The predicted molar refractivity (Wildman–Crippen MR) is 235 cm³/mol. The van der Waals surface area contributed by atoms with Crippen LogP contribution in [0.3, 0.4) is 0 Å². The first-order valence-electron chi connectivity index (χ1n) is 21.6. The molecule has 0 unspecified atom stereocenters. The third-order valence-electron chi connectivity index (χ3n) is 12.9. The number of nitrogens with two attached hydrogens (primary N) is 1. The summed E-state index contributed by atoms with van der Waals surface area (Å²) in [4.78, 5) is 28.8. The third kappa shape index (κ3) is 8.39. The molecule has 0 aliphatic carbocycles. The highest BCUT2D eigenvalue weighted by atomic mass is 19.4. The first kappa shape index (κ1) is 45.5. The van der Waals surface area contributed by atoms with Gasteiger partial charge < -0.3 is 34.5 Å². The van der Waals surface area contributed by atoms with E-state index in [2.05, 4.69) is 9.97 Å². The summed E-state index contributed by atoms with van der Waals surface area (Å²) in [5.41, 5.74) is -0.0659. The molecule has 13 nitrogen and oxygen atoms in total. The second-order valence-corrected chi connectivity index (χ2v) is 16.9. The lowest BCUT2D eigenvalue weighted by atomic mass is 9.95. The van der Waals surface area contributed by atoms with Gasteiger partial charge in [0.1, 0.15) is 64.7 Å². The number of rotatable bonds is 13. The molecule has 2 N–H and O–H groups in total. The van der Waals surface area contributed by atoms with Crippen molar-refractivity contribution < 1.29 is 49.7 Å². The Labute approximate surface area is 380 Å². The van der Waals surface area contributed by atoms with Gasteiger partial charge in [-0.2, -0.15) is 23.1 Å². The first-order chi connectivity index (χ1) is 32.1. The highest BCUT2D eigenvalue weighted by Crippen LogP contribution is 2.48. The number of halogens is 7. The van der Waals surface area contributed by atoms with Crippen LogP contribution in [0.5, 0.6) is 23.4 Å². The van der Waals surface area contributed by atoms with Crippen molar-refractivity contribution in [3.8, 4) is 34.6 Å². The fourth-order valence-corrected chi connectivity index (χ4v) is 9.57. The average molecular weight is 934 g/mol. The monoisotopic (exact) mass is 933 g/mol. The zero-order chi connectivity index (χ0) is 47.4. The van der Waals surface area contributed by atoms with Crippen LogP contribution < -0.4 is 34.5 Å². The Kier molecular flexibility index (Phi) is 12.1. The van der Waals surface area contributed by atoms with E-state index in [4.69, 9.17) is 39.6 Å².